The van der Waals surface area contributed by atoms with E-state index in [0.29, 0.717) is 18.6 Å². The van der Waals surface area contributed by atoms with Crippen molar-refractivity contribution in [3.8, 4) is 0 Å². The number of aryl methyl sites for hydroxylation is 2. The van der Waals surface area contributed by atoms with E-state index in [-0.39, 0.29) is 0 Å². The molecule has 3 nitrogen and oxygen atoms in total. The number of rotatable bonds is 3. The molecule has 2 atom stereocenters. The van der Waals surface area contributed by atoms with Gasteiger partial charge in [-0.05, 0) is 57.5 Å². The van der Waals surface area contributed by atoms with Crippen LogP contribution < -0.4 is 5.73 Å². The fourth-order valence-electron chi connectivity index (χ4n) is 3.63. The van der Waals surface area contributed by atoms with Gasteiger partial charge in [-0.3, -0.25) is 4.90 Å². The summed E-state index contributed by atoms with van der Waals surface area (Å²) in [7, 11) is 2.22. The molecule has 1 aromatic rings. The first kappa shape index (κ1) is 15.5. The molecule has 0 spiro atoms. The molecular weight excluding hydrogens is 246 g/mol. The SMILES string of the molecule is Cc1cccc(C)c1C(CN)N1CCCN(C)CC1C. The highest BCUT2D eigenvalue weighted by atomic mass is 15.3. The molecule has 2 rings (SSSR count). The van der Waals surface area contributed by atoms with Gasteiger partial charge in [-0.2, -0.15) is 0 Å². The van der Waals surface area contributed by atoms with Gasteiger partial charge in [0.25, 0.3) is 0 Å². The molecule has 20 heavy (non-hydrogen) atoms. The molecule has 1 saturated heterocycles. The highest BCUT2D eigenvalue weighted by molar-refractivity contribution is 5.36. The molecule has 112 valence electrons. The number of likely N-dealkylation sites (N-methyl/N-ethyl adjacent to an activating group) is 1. The normalized spacial score (nSPS) is 23.6. The number of nitrogens with zero attached hydrogens (tertiary/aromatic N) is 2. The monoisotopic (exact) mass is 275 g/mol. The zero-order valence-corrected chi connectivity index (χ0v) is 13.4. The minimum atomic E-state index is 0.345. The van der Waals surface area contributed by atoms with Crippen molar-refractivity contribution in [3.63, 3.8) is 0 Å². The second-order valence-corrected chi connectivity index (χ2v) is 6.26. The summed E-state index contributed by atoms with van der Waals surface area (Å²) in [6, 6.07) is 7.45. The van der Waals surface area contributed by atoms with Crippen molar-refractivity contribution in [3.05, 3.63) is 34.9 Å². The zero-order chi connectivity index (χ0) is 14.7. The van der Waals surface area contributed by atoms with Crippen LogP contribution in [0.15, 0.2) is 18.2 Å². The molecular formula is C17H29N3. The lowest BCUT2D eigenvalue weighted by Crippen LogP contribution is -2.43. The Labute approximate surface area is 123 Å². The fourth-order valence-corrected chi connectivity index (χ4v) is 3.63. The molecule has 0 bridgehead atoms. The molecule has 1 aliphatic rings. The Balaban J connectivity index is 2.31. The Morgan fingerprint density at radius 2 is 1.90 bits per heavy atom. The van der Waals surface area contributed by atoms with Crippen molar-refractivity contribution in [2.45, 2.75) is 39.3 Å². The molecule has 0 amide bonds. The maximum absolute atomic E-state index is 6.17. The molecule has 1 heterocycles. The van der Waals surface area contributed by atoms with E-state index in [1.165, 1.54) is 29.7 Å². The van der Waals surface area contributed by atoms with Crippen LogP contribution in [-0.2, 0) is 0 Å². The Bertz CT molecular complexity index is 424. The first-order valence-corrected chi connectivity index (χ1v) is 7.75. The van der Waals surface area contributed by atoms with E-state index < -0.39 is 0 Å². The van der Waals surface area contributed by atoms with Gasteiger partial charge in [0.15, 0.2) is 0 Å². The molecule has 1 aliphatic heterocycles. The highest BCUT2D eigenvalue weighted by Gasteiger charge is 2.28. The van der Waals surface area contributed by atoms with Crippen LogP contribution in [0.5, 0.6) is 0 Å². The van der Waals surface area contributed by atoms with Crippen LogP contribution in [-0.4, -0.2) is 49.1 Å². The van der Waals surface area contributed by atoms with Crippen LogP contribution in [0.3, 0.4) is 0 Å². The van der Waals surface area contributed by atoms with Crippen LogP contribution in [0.25, 0.3) is 0 Å². The van der Waals surface area contributed by atoms with E-state index in [2.05, 4.69) is 55.8 Å². The average Bonchev–Trinajstić information content (AvgIpc) is 2.55. The van der Waals surface area contributed by atoms with Crippen molar-refractivity contribution < 1.29 is 0 Å². The van der Waals surface area contributed by atoms with E-state index in [4.69, 9.17) is 5.73 Å². The summed E-state index contributed by atoms with van der Waals surface area (Å²) in [5.41, 5.74) is 10.3. The largest absolute Gasteiger partial charge is 0.329 e. The van der Waals surface area contributed by atoms with E-state index in [1.54, 1.807) is 0 Å². The van der Waals surface area contributed by atoms with Crippen molar-refractivity contribution in [1.82, 2.24) is 9.80 Å². The molecule has 3 heteroatoms. The Morgan fingerprint density at radius 1 is 1.25 bits per heavy atom. The maximum Gasteiger partial charge on any atom is 0.0479 e. The first-order chi connectivity index (χ1) is 9.54. The predicted octanol–water partition coefficient (Wildman–Crippen LogP) is 2.33. The molecule has 0 saturated carbocycles. The number of hydrogen-bond acceptors (Lipinski definition) is 3. The summed E-state index contributed by atoms with van der Waals surface area (Å²) >= 11 is 0. The fraction of sp³-hybridized carbons (Fsp3) is 0.647. The van der Waals surface area contributed by atoms with Gasteiger partial charge in [-0.1, -0.05) is 18.2 Å². The van der Waals surface area contributed by atoms with Gasteiger partial charge in [-0.15, -0.1) is 0 Å². The van der Waals surface area contributed by atoms with E-state index in [0.717, 1.165) is 13.1 Å². The molecule has 0 aromatic heterocycles. The van der Waals surface area contributed by atoms with Crippen LogP contribution in [0, 0.1) is 13.8 Å². The highest BCUT2D eigenvalue weighted by Crippen LogP contribution is 2.29. The van der Waals surface area contributed by atoms with Gasteiger partial charge in [0, 0.05) is 31.7 Å². The van der Waals surface area contributed by atoms with Crippen LogP contribution in [0.1, 0.15) is 36.1 Å². The third kappa shape index (κ3) is 3.22. The second-order valence-electron chi connectivity index (χ2n) is 6.26. The van der Waals surface area contributed by atoms with Crippen molar-refractivity contribution in [1.29, 1.82) is 0 Å². The average molecular weight is 275 g/mol. The van der Waals surface area contributed by atoms with E-state index in [9.17, 15) is 0 Å². The van der Waals surface area contributed by atoms with Crippen LogP contribution in [0.4, 0.5) is 0 Å². The summed E-state index contributed by atoms with van der Waals surface area (Å²) < 4.78 is 0. The van der Waals surface area contributed by atoms with Gasteiger partial charge in [0.05, 0.1) is 0 Å². The Hall–Kier alpha value is -0.900. The lowest BCUT2D eigenvalue weighted by atomic mass is 9.94. The quantitative estimate of drug-likeness (QED) is 0.919. The van der Waals surface area contributed by atoms with Gasteiger partial charge in [0.1, 0.15) is 0 Å². The molecule has 1 aromatic carbocycles. The molecule has 0 radical (unpaired) electrons. The minimum absolute atomic E-state index is 0.345. The molecule has 1 fully saturated rings. The summed E-state index contributed by atoms with van der Waals surface area (Å²) in [5.74, 6) is 0. The minimum Gasteiger partial charge on any atom is -0.329 e. The lowest BCUT2D eigenvalue weighted by Gasteiger charge is -2.36. The van der Waals surface area contributed by atoms with E-state index >= 15 is 0 Å². The third-order valence-corrected chi connectivity index (χ3v) is 4.60. The van der Waals surface area contributed by atoms with Crippen molar-refractivity contribution in [2.24, 2.45) is 5.73 Å². The molecule has 0 aliphatic carbocycles. The Kier molecular flexibility index (Phi) is 5.19. The summed E-state index contributed by atoms with van der Waals surface area (Å²) in [6.07, 6.45) is 1.22. The van der Waals surface area contributed by atoms with Crippen molar-refractivity contribution >= 4 is 0 Å². The topological polar surface area (TPSA) is 32.5 Å². The van der Waals surface area contributed by atoms with Crippen LogP contribution >= 0.6 is 0 Å². The Morgan fingerprint density at radius 3 is 2.50 bits per heavy atom. The maximum atomic E-state index is 6.17. The smallest absolute Gasteiger partial charge is 0.0479 e. The summed E-state index contributed by atoms with van der Waals surface area (Å²) in [6.45, 7) is 10.9. The zero-order valence-electron chi connectivity index (χ0n) is 13.4. The number of hydrogen-bond donors (Lipinski definition) is 1. The standard InChI is InChI=1S/C17H29N3/c1-13-7-5-8-14(2)17(13)16(11-18)20-10-6-9-19(4)12-15(20)3/h5,7-8,15-16H,6,9-12,18H2,1-4H3. The second kappa shape index (κ2) is 6.70. The number of nitrogens with two attached hydrogens (primary N) is 1. The van der Waals surface area contributed by atoms with Gasteiger partial charge < -0.3 is 10.6 Å². The molecule has 2 unspecified atom stereocenters. The van der Waals surface area contributed by atoms with E-state index in [1.807, 2.05) is 0 Å². The third-order valence-electron chi connectivity index (χ3n) is 4.60. The first-order valence-electron chi connectivity index (χ1n) is 7.75. The number of benzene rings is 1. The lowest BCUT2D eigenvalue weighted by molar-refractivity contribution is 0.145. The van der Waals surface area contributed by atoms with Gasteiger partial charge in [-0.25, -0.2) is 0 Å². The summed E-state index contributed by atoms with van der Waals surface area (Å²) in [5, 5.41) is 0. The van der Waals surface area contributed by atoms with Gasteiger partial charge in [0.2, 0.25) is 0 Å². The predicted molar refractivity (Wildman–Crippen MR) is 86.0 cm³/mol. The van der Waals surface area contributed by atoms with Crippen molar-refractivity contribution in [2.75, 3.05) is 33.2 Å². The molecule has 2 N–H and O–H groups in total. The summed E-state index contributed by atoms with van der Waals surface area (Å²) in [4.78, 5) is 5.04. The van der Waals surface area contributed by atoms with Gasteiger partial charge >= 0.3 is 0 Å². The van der Waals surface area contributed by atoms with Crippen LogP contribution in [0.2, 0.25) is 0 Å².